The Balaban J connectivity index is 1.42. The normalized spacial score (nSPS) is 16.7. The SMILES string of the molecule is Cc1nccn1CC(C)CNCc1cnc(N2CCOCC2)s1. The number of nitrogens with zero attached hydrogens (tertiary/aromatic N) is 4. The molecule has 2 aromatic heterocycles. The van der Waals surface area contributed by atoms with E-state index in [1.165, 1.54) is 4.88 Å². The third-order valence-corrected chi connectivity index (χ3v) is 5.11. The lowest BCUT2D eigenvalue weighted by molar-refractivity contribution is 0.122. The third-order valence-electron chi connectivity index (χ3n) is 4.05. The molecule has 1 unspecified atom stereocenters. The van der Waals surface area contributed by atoms with E-state index in [4.69, 9.17) is 4.74 Å². The number of aromatic nitrogens is 3. The Morgan fingerprint density at radius 1 is 1.35 bits per heavy atom. The van der Waals surface area contributed by atoms with Gasteiger partial charge in [-0.05, 0) is 19.4 Å². The minimum absolute atomic E-state index is 0.564. The Hall–Kier alpha value is -1.44. The molecular weight excluding hydrogens is 310 g/mol. The van der Waals surface area contributed by atoms with Gasteiger partial charge in [-0.25, -0.2) is 9.97 Å². The lowest BCUT2D eigenvalue weighted by Crippen LogP contribution is -2.36. The average molecular weight is 335 g/mol. The second kappa shape index (κ2) is 7.90. The highest BCUT2D eigenvalue weighted by molar-refractivity contribution is 7.15. The lowest BCUT2D eigenvalue weighted by Gasteiger charge is -2.25. The van der Waals surface area contributed by atoms with Crippen LogP contribution in [0.5, 0.6) is 0 Å². The quantitative estimate of drug-likeness (QED) is 0.838. The molecule has 0 aliphatic carbocycles. The maximum Gasteiger partial charge on any atom is 0.185 e. The maximum absolute atomic E-state index is 5.39. The predicted octanol–water partition coefficient (Wildman–Crippen LogP) is 1.91. The van der Waals surface area contributed by atoms with Gasteiger partial charge in [0, 0.05) is 49.6 Å². The van der Waals surface area contributed by atoms with Crippen LogP contribution < -0.4 is 10.2 Å². The standard InChI is InChI=1S/C16H25N5OS/c1-13(12-21-4-3-18-14(21)2)9-17-10-15-11-19-16(23-15)20-5-7-22-8-6-20/h3-4,11,13,17H,5-10,12H2,1-2H3. The summed E-state index contributed by atoms with van der Waals surface area (Å²) in [5.41, 5.74) is 0. The van der Waals surface area contributed by atoms with Crippen LogP contribution in [0.15, 0.2) is 18.6 Å². The Morgan fingerprint density at radius 2 is 2.17 bits per heavy atom. The van der Waals surface area contributed by atoms with Crippen LogP contribution in [-0.2, 0) is 17.8 Å². The number of hydrogen-bond donors (Lipinski definition) is 1. The smallest absolute Gasteiger partial charge is 0.185 e. The van der Waals surface area contributed by atoms with Crippen LogP contribution in [0.4, 0.5) is 5.13 Å². The molecule has 1 saturated heterocycles. The van der Waals surface area contributed by atoms with Crippen molar-refractivity contribution in [1.82, 2.24) is 19.9 Å². The summed E-state index contributed by atoms with van der Waals surface area (Å²) in [6.45, 7) is 10.7. The molecule has 1 aliphatic rings. The predicted molar refractivity (Wildman–Crippen MR) is 93.0 cm³/mol. The second-order valence-corrected chi connectivity index (χ2v) is 7.17. The lowest BCUT2D eigenvalue weighted by atomic mass is 10.2. The highest BCUT2D eigenvalue weighted by Gasteiger charge is 2.14. The van der Waals surface area contributed by atoms with E-state index in [2.05, 4.69) is 31.7 Å². The van der Waals surface area contributed by atoms with Crippen LogP contribution in [-0.4, -0.2) is 47.4 Å². The Kier molecular flexibility index (Phi) is 5.64. The van der Waals surface area contributed by atoms with Gasteiger partial charge in [0.1, 0.15) is 5.82 Å². The summed E-state index contributed by atoms with van der Waals surface area (Å²) >= 11 is 1.78. The zero-order valence-electron chi connectivity index (χ0n) is 13.9. The molecule has 126 valence electrons. The van der Waals surface area contributed by atoms with Crippen LogP contribution in [0.25, 0.3) is 0 Å². The van der Waals surface area contributed by atoms with Gasteiger partial charge in [-0.15, -0.1) is 11.3 Å². The van der Waals surface area contributed by atoms with Crippen LogP contribution in [0.3, 0.4) is 0 Å². The van der Waals surface area contributed by atoms with E-state index < -0.39 is 0 Å². The molecule has 1 atom stereocenters. The first-order valence-electron chi connectivity index (χ1n) is 8.18. The third kappa shape index (κ3) is 4.53. The number of nitrogens with one attached hydrogen (secondary N) is 1. The zero-order valence-corrected chi connectivity index (χ0v) is 14.7. The molecule has 0 radical (unpaired) electrons. The van der Waals surface area contributed by atoms with Crippen molar-refractivity contribution in [3.05, 3.63) is 29.3 Å². The van der Waals surface area contributed by atoms with Gasteiger partial charge in [0.05, 0.1) is 13.2 Å². The van der Waals surface area contributed by atoms with Crippen molar-refractivity contribution in [2.45, 2.75) is 26.9 Å². The van der Waals surface area contributed by atoms with Crippen molar-refractivity contribution >= 4 is 16.5 Å². The van der Waals surface area contributed by atoms with Gasteiger partial charge in [0.2, 0.25) is 0 Å². The van der Waals surface area contributed by atoms with E-state index in [-0.39, 0.29) is 0 Å². The fourth-order valence-corrected chi connectivity index (χ4v) is 3.65. The van der Waals surface area contributed by atoms with Crippen molar-refractivity contribution < 1.29 is 4.74 Å². The van der Waals surface area contributed by atoms with Crippen molar-refractivity contribution in [1.29, 1.82) is 0 Å². The van der Waals surface area contributed by atoms with Crippen LogP contribution in [0.1, 0.15) is 17.6 Å². The van der Waals surface area contributed by atoms with Gasteiger partial charge in [0.25, 0.3) is 0 Å². The molecule has 7 heteroatoms. The minimum atomic E-state index is 0.564. The molecule has 0 spiro atoms. The zero-order chi connectivity index (χ0) is 16.1. The Morgan fingerprint density at radius 3 is 2.91 bits per heavy atom. The first-order valence-corrected chi connectivity index (χ1v) is 9.00. The van der Waals surface area contributed by atoms with E-state index in [1.807, 2.05) is 25.5 Å². The topological polar surface area (TPSA) is 55.2 Å². The number of ether oxygens (including phenoxy) is 1. The summed E-state index contributed by atoms with van der Waals surface area (Å²) in [6.07, 6.45) is 5.90. The van der Waals surface area contributed by atoms with Crippen molar-refractivity contribution in [2.75, 3.05) is 37.7 Å². The van der Waals surface area contributed by atoms with Gasteiger partial charge >= 0.3 is 0 Å². The molecule has 1 aliphatic heterocycles. The number of aryl methyl sites for hydroxylation is 1. The Bertz CT molecular complexity index is 605. The monoisotopic (exact) mass is 335 g/mol. The largest absolute Gasteiger partial charge is 0.378 e. The van der Waals surface area contributed by atoms with Gasteiger partial charge in [-0.1, -0.05) is 6.92 Å². The fraction of sp³-hybridized carbons (Fsp3) is 0.625. The number of morpholine rings is 1. The highest BCUT2D eigenvalue weighted by atomic mass is 32.1. The highest BCUT2D eigenvalue weighted by Crippen LogP contribution is 2.23. The molecule has 6 nitrogen and oxygen atoms in total. The number of rotatable bonds is 7. The molecule has 0 aromatic carbocycles. The fourth-order valence-electron chi connectivity index (χ4n) is 2.72. The Labute approximate surface area is 141 Å². The number of hydrogen-bond acceptors (Lipinski definition) is 6. The minimum Gasteiger partial charge on any atom is -0.378 e. The van der Waals surface area contributed by atoms with Gasteiger partial charge < -0.3 is 19.5 Å². The van der Waals surface area contributed by atoms with Crippen molar-refractivity contribution in [3.63, 3.8) is 0 Å². The number of thiazole rings is 1. The van der Waals surface area contributed by atoms with Crippen molar-refractivity contribution in [3.8, 4) is 0 Å². The second-order valence-electron chi connectivity index (χ2n) is 6.07. The first-order chi connectivity index (χ1) is 11.2. The molecule has 2 aromatic rings. The number of imidazole rings is 1. The van der Waals surface area contributed by atoms with Gasteiger partial charge in [-0.3, -0.25) is 0 Å². The summed E-state index contributed by atoms with van der Waals surface area (Å²) < 4.78 is 7.59. The summed E-state index contributed by atoms with van der Waals surface area (Å²) in [7, 11) is 0. The van der Waals surface area contributed by atoms with Crippen LogP contribution in [0.2, 0.25) is 0 Å². The molecule has 3 heterocycles. The summed E-state index contributed by atoms with van der Waals surface area (Å²) in [6, 6.07) is 0. The molecule has 1 fully saturated rings. The van der Waals surface area contributed by atoms with E-state index in [1.54, 1.807) is 11.3 Å². The molecule has 0 amide bonds. The molecule has 23 heavy (non-hydrogen) atoms. The van der Waals surface area contributed by atoms with E-state index in [0.717, 1.165) is 56.9 Å². The molecule has 1 N–H and O–H groups in total. The first kappa shape index (κ1) is 16.4. The maximum atomic E-state index is 5.39. The van der Waals surface area contributed by atoms with E-state index >= 15 is 0 Å². The molecule has 0 saturated carbocycles. The van der Waals surface area contributed by atoms with Crippen molar-refractivity contribution in [2.24, 2.45) is 5.92 Å². The summed E-state index contributed by atoms with van der Waals surface area (Å²) in [5.74, 6) is 1.64. The van der Waals surface area contributed by atoms with Crippen LogP contribution in [0, 0.1) is 12.8 Å². The van der Waals surface area contributed by atoms with Crippen LogP contribution >= 0.6 is 11.3 Å². The summed E-state index contributed by atoms with van der Waals surface area (Å²) in [5, 5.41) is 4.66. The number of anilines is 1. The van der Waals surface area contributed by atoms with Gasteiger partial charge in [0.15, 0.2) is 5.13 Å². The average Bonchev–Trinajstić information content (AvgIpc) is 3.18. The summed E-state index contributed by atoms with van der Waals surface area (Å²) in [4.78, 5) is 12.4. The van der Waals surface area contributed by atoms with Gasteiger partial charge in [-0.2, -0.15) is 0 Å². The molecular formula is C16H25N5OS. The molecule has 0 bridgehead atoms. The van der Waals surface area contributed by atoms with E-state index in [9.17, 15) is 0 Å². The molecule has 3 rings (SSSR count). The van der Waals surface area contributed by atoms with E-state index in [0.29, 0.717) is 5.92 Å².